The number of aryl methyl sites for hydroxylation is 2. The number of carbonyl (C=O) groups excluding carboxylic acids is 1. The van der Waals surface area contributed by atoms with Gasteiger partial charge in [0.15, 0.2) is 0 Å². The maximum atomic E-state index is 12.4. The maximum Gasteiger partial charge on any atom is 0.227 e. The molecule has 2 aromatic heterocycles. The Morgan fingerprint density at radius 3 is 2.82 bits per heavy atom. The van der Waals surface area contributed by atoms with E-state index in [1.54, 1.807) is 18.1 Å². The van der Waals surface area contributed by atoms with Gasteiger partial charge in [-0.2, -0.15) is 0 Å². The third-order valence-corrected chi connectivity index (χ3v) is 3.47. The molecule has 0 spiro atoms. The first kappa shape index (κ1) is 16.0. The Kier molecular flexibility index (Phi) is 5.14. The van der Waals surface area contributed by atoms with Crippen molar-refractivity contribution in [2.45, 2.75) is 33.7 Å². The number of carbonyl (C=O) groups is 1. The summed E-state index contributed by atoms with van der Waals surface area (Å²) in [4.78, 5) is 18.2. The van der Waals surface area contributed by atoms with Crippen LogP contribution < -0.4 is 4.74 Å². The average Bonchev–Trinajstić information content (AvgIpc) is 2.81. The van der Waals surface area contributed by atoms with E-state index in [1.165, 1.54) is 0 Å². The van der Waals surface area contributed by atoms with Crippen molar-refractivity contribution in [2.24, 2.45) is 0 Å². The van der Waals surface area contributed by atoms with Gasteiger partial charge in [-0.15, -0.1) is 0 Å². The predicted octanol–water partition coefficient (Wildman–Crippen LogP) is 2.29. The molecule has 0 atom stereocenters. The second-order valence-corrected chi connectivity index (χ2v) is 5.13. The molecule has 0 aliphatic rings. The Morgan fingerprint density at radius 2 is 2.18 bits per heavy atom. The van der Waals surface area contributed by atoms with Crippen molar-refractivity contribution < 1.29 is 14.1 Å². The zero-order valence-corrected chi connectivity index (χ0v) is 13.4. The van der Waals surface area contributed by atoms with Crippen LogP contribution in [0, 0.1) is 13.8 Å². The van der Waals surface area contributed by atoms with Crippen molar-refractivity contribution in [3.05, 3.63) is 40.9 Å². The lowest BCUT2D eigenvalue weighted by Gasteiger charge is -2.18. The minimum atomic E-state index is 0.000650. The Hall–Kier alpha value is -2.37. The summed E-state index contributed by atoms with van der Waals surface area (Å²) in [6.07, 6.45) is 1.96. The lowest BCUT2D eigenvalue weighted by atomic mass is 10.1. The standard InChI is InChI=1S/C16H21N3O3/c1-5-21-16-13(7-6-8-17-16)10-19(4)15(20)9-14-11(2)18-22-12(14)3/h6-8H,5,9-10H2,1-4H3. The van der Waals surface area contributed by atoms with E-state index in [1.807, 2.05) is 32.9 Å². The molecule has 6 nitrogen and oxygen atoms in total. The van der Waals surface area contributed by atoms with Crippen molar-refractivity contribution in [1.29, 1.82) is 0 Å². The van der Waals surface area contributed by atoms with Gasteiger partial charge in [0.05, 0.1) is 25.3 Å². The van der Waals surface area contributed by atoms with Gasteiger partial charge < -0.3 is 14.2 Å². The van der Waals surface area contributed by atoms with Gasteiger partial charge in [-0.25, -0.2) is 4.98 Å². The van der Waals surface area contributed by atoms with E-state index in [0.717, 1.165) is 16.8 Å². The van der Waals surface area contributed by atoms with Gasteiger partial charge in [-0.1, -0.05) is 11.2 Å². The molecule has 0 fully saturated rings. The van der Waals surface area contributed by atoms with Gasteiger partial charge in [-0.05, 0) is 26.8 Å². The number of pyridine rings is 1. The predicted molar refractivity (Wildman–Crippen MR) is 81.6 cm³/mol. The zero-order valence-electron chi connectivity index (χ0n) is 13.4. The fraction of sp³-hybridized carbons (Fsp3) is 0.438. The average molecular weight is 303 g/mol. The van der Waals surface area contributed by atoms with E-state index in [2.05, 4.69) is 10.1 Å². The summed E-state index contributed by atoms with van der Waals surface area (Å²) in [5.74, 6) is 1.26. The van der Waals surface area contributed by atoms with Gasteiger partial charge >= 0.3 is 0 Å². The number of hydrogen-bond donors (Lipinski definition) is 0. The van der Waals surface area contributed by atoms with E-state index < -0.39 is 0 Å². The number of likely N-dealkylation sites (N-methyl/N-ethyl adjacent to an activating group) is 1. The van der Waals surface area contributed by atoms with Crippen LogP contribution in [0.25, 0.3) is 0 Å². The SMILES string of the molecule is CCOc1ncccc1CN(C)C(=O)Cc1c(C)noc1C. The van der Waals surface area contributed by atoms with Crippen LogP contribution in [-0.4, -0.2) is 34.6 Å². The largest absolute Gasteiger partial charge is 0.478 e. The van der Waals surface area contributed by atoms with Crippen LogP contribution in [-0.2, 0) is 17.8 Å². The Morgan fingerprint density at radius 1 is 1.41 bits per heavy atom. The van der Waals surface area contributed by atoms with Gasteiger partial charge in [0.2, 0.25) is 11.8 Å². The normalized spacial score (nSPS) is 10.5. The highest BCUT2D eigenvalue weighted by atomic mass is 16.5. The Balaban J connectivity index is 2.06. The van der Waals surface area contributed by atoms with Crippen LogP contribution in [0.4, 0.5) is 0 Å². The zero-order chi connectivity index (χ0) is 16.1. The molecule has 2 rings (SSSR count). The van der Waals surface area contributed by atoms with Crippen LogP contribution in [0.15, 0.2) is 22.9 Å². The Bertz CT molecular complexity index is 632. The molecule has 118 valence electrons. The molecular formula is C16H21N3O3. The van der Waals surface area contributed by atoms with E-state index in [-0.39, 0.29) is 12.3 Å². The monoisotopic (exact) mass is 303 g/mol. The lowest BCUT2D eigenvalue weighted by Crippen LogP contribution is -2.28. The molecule has 0 unspecified atom stereocenters. The van der Waals surface area contributed by atoms with Crippen LogP contribution in [0.3, 0.4) is 0 Å². The molecule has 0 radical (unpaired) electrons. The van der Waals surface area contributed by atoms with Crippen molar-refractivity contribution in [3.63, 3.8) is 0 Å². The molecule has 2 aromatic rings. The van der Waals surface area contributed by atoms with Crippen LogP contribution in [0.2, 0.25) is 0 Å². The summed E-state index contributed by atoms with van der Waals surface area (Å²) in [5, 5.41) is 3.88. The topological polar surface area (TPSA) is 68.5 Å². The van der Waals surface area contributed by atoms with E-state index in [9.17, 15) is 4.79 Å². The molecule has 1 amide bonds. The van der Waals surface area contributed by atoms with Crippen molar-refractivity contribution in [1.82, 2.24) is 15.0 Å². The van der Waals surface area contributed by atoms with Gasteiger partial charge in [0, 0.05) is 24.4 Å². The summed E-state index contributed by atoms with van der Waals surface area (Å²) in [7, 11) is 1.77. The molecule has 0 N–H and O–H groups in total. The highest BCUT2D eigenvalue weighted by molar-refractivity contribution is 5.79. The molecule has 0 saturated carbocycles. The number of nitrogens with zero attached hydrogens (tertiary/aromatic N) is 3. The summed E-state index contributed by atoms with van der Waals surface area (Å²) in [6.45, 7) is 6.56. The van der Waals surface area contributed by atoms with Crippen molar-refractivity contribution >= 4 is 5.91 Å². The van der Waals surface area contributed by atoms with E-state index in [4.69, 9.17) is 9.26 Å². The third-order valence-electron chi connectivity index (χ3n) is 3.47. The number of hydrogen-bond acceptors (Lipinski definition) is 5. The number of rotatable bonds is 6. The van der Waals surface area contributed by atoms with E-state index in [0.29, 0.717) is 24.8 Å². The molecule has 22 heavy (non-hydrogen) atoms. The molecule has 0 aliphatic heterocycles. The first-order valence-corrected chi connectivity index (χ1v) is 7.25. The fourth-order valence-electron chi connectivity index (χ4n) is 2.20. The number of ether oxygens (including phenoxy) is 1. The lowest BCUT2D eigenvalue weighted by molar-refractivity contribution is -0.129. The molecule has 2 heterocycles. The molecule has 0 aromatic carbocycles. The molecule has 0 saturated heterocycles. The molecule has 0 aliphatic carbocycles. The first-order valence-electron chi connectivity index (χ1n) is 7.25. The van der Waals surface area contributed by atoms with Crippen molar-refractivity contribution in [2.75, 3.05) is 13.7 Å². The van der Waals surface area contributed by atoms with Gasteiger partial charge in [0.1, 0.15) is 5.76 Å². The maximum absolute atomic E-state index is 12.4. The van der Waals surface area contributed by atoms with Gasteiger partial charge in [-0.3, -0.25) is 4.79 Å². The Labute approximate surface area is 130 Å². The number of amides is 1. The summed E-state index contributed by atoms with van der Waals surface area (Å²) >= 11 is 0. The first-order chi connectivity index (χ1) is 10.5. The fourth-order valence-corrected chi connectivity index (χ4v) is 2.20. The molecule has 0 bridgehead atoms. The quantitative estimate of drug-likeness (QED) is 0.819. The van der Waals surface area contributed by atoms with Crippen LogP contribution in [0.1, 0.15) is 29.5 Å². The summed E-state index contributed by atoms with van der Waals surface area (Å²) in [5.41, 5.74) is 2.50. The second-order valence-electron chi connectivity index (χ2n) is 5.13. The van der Waals surface area contributed by atoms with Crippen molar-refractivity contribution in [3.8, 4) is 5.88 Å². The molecular weight excluding hydrogens is 282 g/mol. The van der Waals surface area contributed by atoms with Crippen LogP contribution >= 0.6 is 0 Å². The highest BCUT2D eigenvalue weighted by Crippen LogP contribution is 2.18. The van der Waals surface area contributed by atoms with Gasteiger partial charge in [0.25, 0.3) is 0 Å². The summed E-state index contributed by atoms with van der Waals surface area (Å²) in [6, 6.07) is 3.75. The second kappa shape index (κ2) is 7.06. The highest BCUT2D eigenvalue weighted by Gasteiger charge is 2.17. The molecule has 6 heteroatoms. The summed E-state index contributed by atoms with van der Waals surface area (Å²) < 4.78 is 10.6. The number of aromatic nitrogens is 2. The smallest absolute Gasteiger partial charge is 0.227 e. The minimum Gasteiger partial charge on any atom is -0.478 e. The third kappa shape index (κ3) is 3.63. The van der Waals surface area contributed by atoms with Crippen LogP contribution in [0.5, 0.6) is 5.88 Å². The minimum absolute atomic E-state index is 0.000650. The van der Waals surface area contributed by atoms with E-state index >= 15 is 0 Å².